The van der Waals surface area contributed by atoms with Gasteiger partial charge in [0, 0.05) is 19.0 Å². The van der Waals surface area contributed by atoms with Crippen LogP contribution in [0.1, 0.15) is 18.1 Å². The zero-order valence-corrected chi connectivity index (χ0v) is 13.5. The number of hydrogen-bond acceptors (Lipinski definition) is 3. The summed E-state index contributed by atoms with van der Waals surface area (Å²) in [5, 5.41) is 9.74. The number of anilines is 1. The van der Waals surface area contributed by atoms with Crippen molar-refractivity contribution in [3.8, 4) is 11.5 Å². The van der Waals surface area contributed by atoms with Crippen LogP contribution >= 0.6 is 0 Å². The van der Waals surface area contributed by atoms with E-state index in [-0.39, 0.29) is 11.9 Å². The minimum absolute atomic E-state index is 0.0969. The second kappa shape index (κ2) is 6.78. The third-order valence-corrected chi connectivity index (χ3v) is 4.30. The fraction of sp³-hybridized carbons (Fsp3) is 0.300. The Labute approximate surface area is 137 Å². The van der Waals surface area contributed by atoms with E-state index in [2.05, 4.69) is 42.7 Å². The van der Waals surface area contributed by atoms with Crippen molar-refractivity contribution in [2.24, 2.45) is 0 Å². The van der Waals surface area contributed by atoms with Crippen molar-refractivity contribution < 1.29 is 9.84 Å². The Hall–Kier alpha value is -2.42. The Morgan fingerprint density at radius 3 is 2.78 bits per heavy atom. The zero-order valence-electron chi connectivity index (χ0n) is 13.5. The minimum Gasteiger partial charge on any atom is -0.508 e. The molecule has 0 aliphatic carbocycles. The molecule has 0 aromatic heterocycles. The van der Waals surface area contributed by atoms with Gasteiger partial charge in [-0.15, -0.1) is 6.58 Å². The number of phenolic OH excluding ortho intramolecular Hbond substituents is 1. The number of hydrogen-bond donors (Lipinski definition) is 1. The molecule has 1 heterocycles. The number of fused-ring (bicyclic) bond motifs is 1. The highest BCUT2D eigenvalue weighted by Crippen LogP contribution is 2.36. The first-order chi connectivity index (χ1) is 11.2. The first-order valence-electron chi connectivity index (χ1n) is 8.13. The van der Waals surface area contributed by atoms with Crippen molar-refractivity contribution in [1.82, 2.24) is 0 Å². The molecule has 0 bridgehead atoms. The Morgan fingerprint density at radius 1 is 1.26 bits per heavy atom. The van der Waals surface area contributed by atoms with Crippen LogP contribution < -0.4 is 9.64 Å². The van der Waals surface area contributed by atoms with Crippen molar-refractivity contribution in [3.63, 3.8) is 0 Å². The van der Waals surface area contributed by atoms with Gasteiger partial charge in [-0.25, -0.2) is 0 Å². The van der Waals surface area contributed by atoms with E-state index in [4.69, 9.17) is 4.74 Å². The molecule has 1 unspecified atom stereocenters. The normalized spacial score (nSPS) is 16.6. The van der Waals surface area contributed by atoms with Gasteiger partial charge in [-0.1, -0.05) is 37.3 Å². The summed E-state index contributed by atoms with van der Waals surface area (Å²) >= 11 is 0. The smallest absolute Gasteiger partial charge is 0.143 e. The zero-order chi connectivity index (χ0) is 16.2. The van der Waals surface area contributed by atoms with Gasteiger partial charge in [-0.05, 0) is 29.7 Å². The van der Waals surface area contributed by atoms with E-state index >= 15 is 0 Å². The lowest BCUT2D eigenvalue weighted by molar-refractivity contribution is 0.194. The molecule has 3 heteroatoms. The molecule has 23 heavy (non-hydrogen) atoms. The fourth-order valence-electron chi connectivity index (χ4n) is 3.20. The van der Waals surface area contributed by atoms with Gasteiger partial charge in [-0.2, -0.15) is 0 Å². The SMILES string of the molecule is C=CCN1CC(Cc2ccccc2CC)Oc2ccc(O)cc21. The summed E-state index contributed by atoms with van der Waals surface area (Å²) in [5.41, 5.74) is 3.66. The molecular formula is C20H23NO2. The monoisotopic (exact) mass is 309 g/mol. The average molecular weight is 309 g/mol. The lowest BCUT2D eigenvalue weighted by Gasteiger charge is -2.36. The minimum atomic E-state index is 0.0969. The Morgan fingerprint density at radius 2 is 2.04 bits per heavy atom. The average Bonchev–Trinajstić information content (AvgIpc) is 2.56. The van der Waals surface area contributed by atoms with E-state index < -0.39 is 0 Å². The Bertz CT molecular complexity index is 696. The summed E-state index contributed by atoms with van der Waals surface area (Å²) in [7, 11) is 0. The van der Waals surface area contributed by atoms with Crippen LogP contribution in [-0.2, 0) is 12.8 Å². The molecule has 1 aliphatic rings. The van der Waals surface area contributed by atoms with Gasteiger partial charge in [0.15, 0.2) is 0 Å². The van der Waals surface area contributed by atoms with E-state index in [9.17, 15) is 5.11 Å². The van der Waals surface area contributed by atoms with Crippen molar-refractivity contribution in [1.29, 1.82) is 0 Å². The maximum atomic E-state index is 9.74. The third-order valence-electron chi connectivity index (χ3n) is 4.30. The highest BCUT2D eigenvalue weighted by molar-refractivity contribution is 5.63. The van der Waals surface area contributed by atoms with Gasteiger partial charge in [0.2, 0.25) is 0 Å². The first kappa shape index (κ1) is 15.5. The molecule has 1 aliphatic heterocycles. The van der Waals surface area contributed by atoms with Gasteiger partial charge in [0.05, 0.1) is 12.2 Å². The summed E-state index contributed by atoms with van der Waals surface area (Å²) in [6.07, 6.45) is 3.90. The molecule has 1 N–H and O–H groups in total. The number of aromatic hydroxyl groups is 1. The number of phenols is 1. The molecule has 0 amide bonds. The van der Waals surface area contributed by atoms with E-state index in [1.165, 1.54) is 11.1 Å². The molecule has 3 rings (SSSR count). The molecule has 0 fully saturated rings. The molecule has 0 radical (unpaired) electrons. The van der Waals surface area contributed by atoms with Crippen LogP contribution in [0.3, 0.4) is 0 Å². The summed E-state index contributed by atoms with van der Waals surface area (Å²) in [4.78, 5) is 2.21. The molecule has 120 valence electrons. The second-order valence-corrected chi connectivity index (χ2v) is 5.91. The summed E-state index contributed by atoms with van der Waals surface area (Å²) in [6.45, 7) is 7.56. The van der Waals surface area contributed by atoms with E-state index in [1.807, 2.05) is 12.1 Å². The standard InChI is InChI=1S/C20H23NO2/c1-3-11-21-14-18(12-16-8-6-5-7-15(16)4-2)23-20-10-9-17(22)13-19(20)21/h3,5-10,13,18,22H,1,4,11-12,14H2,2H3. The maximum Gasteiger partial charge on any atom is 0.143 e. The van der Waals surface area contributed by atoms with Crippen LogP contribution in [0.5, 0.6) is 11.5 Å². The van der Waals surface area contributed by atoms with E-state index in [1.54, 1.807) is 12.1 Å². The molecule has 3 nitrogen and oxygen atoms in total. The van der Waals surface area contributed by atoms with E-state index in [0.717, 1.165) is 37.4 Å². The maximum absolute atomic E-state index is 9.74. The third kappa shape index (κ3) is 3.34. The van der Waals surface area contributed by atoms with Crippen molar-refractivity contribution in [2.75, 3.05) is 18.0 Å². The van der Waals surface area contributed by atoms with Gasteiger partial charge in [0.1, 0.15) is 17.6 Å². The molecule has 2 aromatic rings. The van der Waals surface area contributed by atoms with Crippen LogP contribution in [0, 0.1) is 0 Å². The first-order valence-corrected chi connectivity index (χ1v) is 8.13. The van der Waals surface area contributed by atoms with Crippen molar-refractivity contribution in [3.05, 3.63) is 66.2 Å². The molecule has 0 spiro atoms. The highest BCUT2D eigenvalue weighted by atomic mass is 16.5. The van der Waals surface area contributed by atoms with Crippen molar-refractivity contribution in [2.45, 2.75) is 25.9 Å². The quantitative estimate of drug-likeness (QED) is 0.849. The second-order valence-electron chi connectivity index (χ2n) is 5.91. The number of benzene rings is 2. The van der Waals surface area contributed by atoms with Crippen LogP contribution in [-0.4, -0.2) is 24.3 Å². The van der Waals surface area contributed by atoms with Gasteiger partial charge >= 0.3 is 0 Å². The Balaban J connectivity index is 1.85. The number of rotatable bonds is 5. The predicted octanol–water partition coefficient (Wildman–Crippen LogP) is 3.95. The van der Waals surface area contributed by atoms with Crippen LogP contribution in [0.2, 0.25) is 0 Å². The molecule has 0 saturated heterocycles. The highest BCUT2D eigenvalue weighted by Gasteiger charge is 2.26. The number of nitrogens with zero attached hydrogens (tertiary/aromatic N) is 1. The largest absolute Gasteiger partial charge is 0.508 e. The number of aryl methyl sites for hydroxylation is 1. The molecule has 1 atom stereocenters. The summed E-state index contributed by atoms with van der Waals surface area (Å²) in [5.74, 6) is 1.09. The molecule has 0 saturated carbocycles. The summed E-state index contributed by atoms with van der Waals surface area (Å²) < 4.78 is 6.18. The van der Waals surface area contributed by atoms with Crippen molar-refractivity contribution >= 4 is 5.69 Å². The molecular weight excluding hydrogens is 286 g/mol. The topological polar surface area (TPSA) is 32.7 Å². The summed E-state index contributed by atoms with van der Waals surface area (Å²) in [6, 6.07) is 13.8. The van der Waals surface area contributed by atoms with Gasteiger partial charge in [-0.3, -0.25) is 0 Å². The van der Waals surface area contributed by atoms with Gasteiger partial charge in [0.25, 0.3) is 0 Å². The van der Waals surface area contributed by atoms with Gasteiger partial charge < -0.3 is 14.7 Å². The van der Waals surface area contributed by atoms with Crippen LogP contribution in [0.4, 0.5) is 5.69 Å². The van der Waals surface area contributed by atoms with E-state index in [0.29, 0.717) is 0 Å². The fourth-order valence-corrected chi connectivity index (χ4v) is 3.20. The molecule has 2 aromatic carbocycles. The lowest BCUT2D eigenvalue weighted by atomic mass is 9.98. The number of ether oxygens (including phenoxy) is 1. The Kier molecular flexibility index (Phi) is 4.56. The lowest BCUT2D eigenvalue weighted by Crippen LogP contribution is -2.41. The van der Waals surface area contributed by atoms with Crippen LogP contribution in [0.15, 0.2) is 55.1 Å². The van der Waals surface area contributed by atoms with Crippen LogP contribution in [0.25, 0.3) is 0 Å². The predicted molar refractivity (Wildman–Crippen MR) is 94.5 cm³/mol.